The normalized spacial score (nSPS) is 10.9. The lowest BCUT2D eigenvalue weighted by atomic mass is 10.1. The van der Waals surface area contributed by atoms with Crippen LogP contribution in [0.1, 0.15) is 22.4 Å². The molecule has 80 valence electrons. The summed E-state index contributed by atoms with van der Waals surface area (Å²) in [6, 6.07) is 12.6. The number of rotatable bonds is 2. The molecule has 1 aromatic heterocycles. The molecule has 0 aliphatic rings. The Labute approximate surface area is 96.5 Å². The highest BCUT2D eigenvalue weighted by atomic mass is 14.6. The van der Waals surface area contributed by atoms with E-state index >= 15 is 0 Å². The van der Waals surface area contributed by atoms with Crippen LogP contribution in [0.15, 0.2) is 42.6 Å². The van der Waals surface area contributed by atoms with Gasteiger partial charge in [0.25, 0.3) is 0 Å². The van der Waals surface area contributed by atoms with Gasteiger partial charge >= 0.3 is 0 Å². The first-order valence-electron chi connectivity index (χ1n) is 5.41. The highest BCUT2D eigenvalue weighted by Gasteiger charge is 1.89. The largest absolute Gasteiger partial charge is 0.261 e. The molecule has 16 heavy (non-hydrogen) atoms. The first-order chi connectivity index (χ1) is 7.74. The van der Waals surface area contributed by atoms with Crippen molar-refractivity contribution in [2.24, 2.45) is 0 Å². The summed E-state index contributed by atoms with van der Waals surface area (Å²) in [5.41, 5.74) is 4.68. The summed E-state index contributed by atoms with van der Waals surface area (Å²) in [6.45, 7) is 4.09. The van der Waals surface area contributed by atoms with Crippen molar-refractivity contribution in [2.75, 3.05) is 0 Å². The van der Waals surface area contributed by atoms with Crippen LogP contribution in [-0.4, -0.2) is 4.98 Å². The summed E-state index contributed by atoms with van der Waals surface area (Å²) < 4.78 is 0. The summed E-state index contributed by atoms with van der Waals surface area (Å²) in [7, 11) is 0. The minimum Gasteiger partial charge on any atom is -0.261 e. The first-order valence-corrected chi connectivity index (χ1v) is 5.41. The van der Waals surface area contributed by atoms with Crippen LogP contribution in [0.25, 0.3) is 12.2 Å². The van der Waals surface area contributed by atoms with Crippen LogP contribution >= 0.6 is 0 Å². The molecule has 0 saturated heterocycles. The molecule has 0 fully saturated rings. The van der Waals surface area contributed by atoms with Crippen molar-refractivity contribution in [3.05, 3.63) is 65.0 Å². The maximum absolute atomic E-state index is 4.25. The van der Waals surface area contributed by atoms with E-state index in [9.17, 15) is 0 Å². The van der Waals surface area contributed by atoms with Gasteiger partial charge in [-0.1, -0.05) is 48.0 Å². The number of pyridine rings is 1. The van der Waals surface area contributed by atoms with Gasteiger partial charge in [0.1, 0.15) is 0 Å². The fourth-order valence-corrected chi connectivity index (χ4v) is 1.45. The Morgan fingerprint density at radius 3 is 2.06 bits per heavy atom. The van der Waals surface area contributed by atoms with Crippen molar-refractivity contribution in [3.63, 3.8) is 0 Å². The molecule has 0 atom stereocenters. The maximum Gasteiger partial charge on any atom is 0.0373 e. The third-order valence-corrected chi connectivity index (χ3v) is 2.48. The number of benzene rings is 1. The third-order valence-electron chi connectivity index (χ3n) is 2.48. The minimum atomic E-state index is 1.05. The van der Waals surface area contributed by atoms with Crippen LogP contribution in [0.3, 0.4) is 0 Å². The molecule has 0 amide bonds. The summed E-state index contributed by atoms with van der Waals surface area (Å²) >= 11 is 0. The molecular formula is C15H15N. The van der Waals surface area contributed by atoms with Crippen LogP contribution in [0, 0.1) is 13.8 Å². The van der Waals surface area contributed by atoms with Crippen LogP contribution in [0.4, 0.5) is 0 Å². The molecule has 2 aromatic rings. The number of hydrogen-bond acceptors (Lipinski definition) is 1. The predicted molar refractivity (Wildman–Crippen MR) is 69.1 cm³/mol. The van der Waals surface area contributed by atoms with Crippen LogP contribution in [0.5, 0.6) is 0 Å². The highest BCUT2D eigenvalue weighted by Crippen LogP contribution is 2.09. The monoisotopic (exact) mass is 209 g/mol. The van der Waals surface area contributed by atoms with Crippen LogP contribution in [-0.2, 0) is 0 Å². The molecule has 0 aliphatic carbocycles. The Morgan fingerprint density at radius 2 is 1.44 bits per heavy atom. The molecule has 2 rings (SSSR count). The molecule has 0 radical (unpaired) electrons. The Morgan fingerprint density at radius 1 is 0.812 bits per heavy atom. The summed E-state index contributed by atoms with van der Waals surface area (Å²) in [6.07, 6.45) is 6.07. The average Bonchev–Trinajstić information content (AvgIpc) is 2.30. The van der Waals surface area contributed by atoms with Crippen molar-refractivity contribution in [1.82, 2.24) is 4.98 Å². The van der Waals surface area contributed by atoms with Gasteiger partial charge in [0.15, 0.2) is 0 Å². The van der Waals surface area contributed by atoms with E-state index in [2.05, 4.69) is 54.4 Å². The molecule has 1 heterocycles. The third kappa shape index (κ3) is 2.80. The molecule has 0 saturated carbocycles. The Balaban J connectivity index is 2.15. The lowest BCUT2D eigenvalue weighted by Gasteiger charge is -1.96. The zero-order chi connectivity index (χ0) is 11.4. The van der Waals surface area contributed by atoms with E-state index in [1.54, 1.807) is 0 Å². The SMILES string of the molecule is Cc1ccc(/C=C/c2ccc(C)nc2)cc1. The van der Waals surface area contributed by atoms with Gasteiger partial charge in [-0.3, -0.25) is 4.98 Å². The Kier molecular flexibility index (Phi) is 3.16. The van der Waals surface area contributed by atoms with E-state index in [1.165, 1.54) is 11.1 Å². The minimum absolute atomic E-state index is 1.05. The lowest BCUT2D eigenvalue weighted by Crippen LogP contribution is -1.80. The van der Waals surface area contributed by atoms with Gasteiger partial charge in [-0.25, -0.2) is 0 Å². The summed E-state index contributed by atoms with van der Waals surface area (Å²) in [5, 5.41) is 0. The fraction of sp³-hybridized carbons (Fsp3) is 0.133. The predicted octanol–water partition coefficient (Wildman–Crippen LogP) is 3.87. The first kappa shape index (κ1) is 10.6. The zero-order valence-electron chi connectivity index (χ0n) is 9.64. The van der Waals surface area contributed by atoms with Gasteiger partial charge in [-0.15, -0.1) is 0 Å². The second-order valence-corrected chi connectivity index (χ2v) is 3.98. The highest BCUT2D eigenvalue weighted by molar-refractivity contribution is 5.69. The zero-order valence-corrected chi connectivity index (χ0v) is 9.64. The van der Waals surface area contributed by atoms with E-state index in [0.29, 0.717) is 0 Å². The molecule has 1 nitrogen and oxygen atoms in total. The van der Waals surface area contributed by atoms with Gasteiger partial charge in [0, 0.05) is 11.9 Å². The molecular weight excluding hydrogens is 194 g/mol. The van der Waals surface area contributed by atoms with Crippen LogP contribution in [0.2, 0.25) is 0 Å². The van der Waals surface area contributed by atoms with Crippen molar-refractivity contribution in [1.29, 1.82) is 0 Å². The summed E-state index contributed by atoms with van der Waals surface area (Å²) in [4.78, 5) is 4.25. The molecule has 0 aliphatic heterocycles. The lowest BCUT2D eigenvalue weighted by molar-refractivity contribution is 1.19. The van der Waals surface area contributed by atoms with Gasteiger partial charge in [0.2, 0.25) is 0 Å². The van der Waals surface area contributed by atoms with Crippen molar-refractivity contribution >= 4 is 12.2 Å². The van der Waals surface area contributed by atoms with E-state index < -0.39 is 0 Å². The average molecular weight is 209 g/mol. The smallest absolute Gasteiger partial charge is 0.0373 e. The topological polar surface area (TPSA) is 12.9 Å². The number of nitrogens with zero attached hydrogens (tertiary/aromatic N) is 1. The van der Waals surface area contributed by atoms with E-state index in [4.69, 9.17) is 0 Å². The Hall–Kier alpha value is -1.89. The quantitative estimate of drug-likeness (QED) is 0.731. The van der Waals surface area contributed by atoms with Gasteiger partial charge < -0.3 is 0 Å². The molecule has 0 bridgehead atoms. The van der Waals surface area contributed by atoms with Crippen molar-refractivity contribution < 1.29 is 0 Å². The summed E-state index contributed by atoms with van der Waals surface area (Å²) in [5.74, 6) is 0. The van der Waals surface area contributed by atoms with E-state index in [1.807, 2.05) is 19.2 Å². The fourth-order valence-electron chi connectivity index (χ4n) is 1.45. The number of aryl methyl sites for hydroxylation is 2. The number of hydrogen-bond donors (Lipinski definition) is 0. The second-order valence-electron chi connectivity index (χ2n) is 3.98. The van der Waals surface area contributed by atoms with Gasteiger partial charge in [-0.2, -0.15) is 0 Å². The van der Waals surface area contributed by atoms with E-state index in [0.717, 1.165) is 11.3 Å². The molecule has 0 unspecified atom stereocenters. The Bertz CT molecular complexity index is 430. The molecule has 0 N–H and O–H groups in total. The van der Waals surface area contributed by atoms with Gasteiger partial charge in [0.05, 0.1) is 0 Å². The van der Waals surface area contributed by atoms with E-state index in [-0.39, 0.29) is 0 Å². The number of aromatic nitrogens is 1. The molecule has 1 heteroatoms. The molecule has 1 aromatic carbocycles. The van der Waals surface area contributed by atoms with Crippen molar-refractivity contribution in [2.45, 2.75) is 13.8 Å². The molecule has 0 spiro atoms. The maximum atomic E-state index is 4.25. The second kappa shape index (κ2) is 4.75. The van der Waals surface area contributed by atoms with Crippen LogP contribution < -0.4 is 0 Å². The van der Waals surface area contributed by atoms with Gasteiger partial charge in [-0.05, 0) is 31.0 Å². The standard InChI is InChI=1S/C15H15N/c1-12-3-6-14(7-4-12)9-10-15-8-5-13(2)16-11-15/h3-11H,1-2H3/b10-9+. The van der Waals surface area contributed by atoms with Crippen molar-refractivity contribution in [3.8, 4) is 0 Å².